The van der Waals surface area contributed by atoms with Crippen LogP contribution >= 0.6 is 0 Å². The second kappa shape index (κ2) is 58.2. The molecule has 0 heterocycles. The summed E-state index contributed by atoms with van der Waals surface area (Å²) < 4.78 is 0. The summed E-state index contributed by atoms with van der Waals surface area (Å²) in [4.78, 5) is 12.5. The fourth-order valence-electron chi connectivity index (χ4n) is 9.77. The molecule has 4 heteroatoms. The topological polar surface area (TPSA) is 69.6 Å². The normalized spacial score (nSPS) is 12.8. The van der Waals surface area contributed by atoms with E-state index < -0.39 is 12.1 Å². The second-order valence-corrected chi connectivity index (χ2v) is 21.1. The molecule has 0 saturated carbocycles. The fourth-order valence-corrected chi connectivity index (χ4v) is 9.77. The van der Waals surface area contributed by atoms with Gasteiger partial charge in [0.05, 0.1) is 18.8 Å². The van der Waals surface area contributed by atoms with Crippen LogP contribution in [0, 0.1) is 0 Å². The molecule has 0 saturated heterocycles. The van der Waals surface area contributed by atoms with Crippen LogP contribution in [0.25, 0.3) is 0 Å². The number of rotatable bonds is 57. The van der Waals surface area contributed by atoms with Crippen molar-refractivity contribution in [1.29, 1.82) is 0 Å². The molecule has 0 bridgehead atoms. The van der Waals surface area contributed by atoms with Gasteiger partial charge in [0.1, 0.15) is 0 Å². The smallest absolute Gasteiger partial charge is 0.220 e. The molecule has 0 aliphatic carbocycles. The standard InChI is InChI=1S/C62H121NO3/c1-3-5-7-9-11-13-15-17-19-21-23-25-27-28-29-30-31-32-33-34-36-38-40-42-44-46-48-50-52-54-56-58-62(66)63-60(59-64)61(65)57-55-53-51-49-47-45-43-41-39-37-35-26-24-22-20-18-16-14-12-10-8-6-4-2/h28-29,55,57,60-61,64-65H,3-27,30-54,56,58-59H2,1-2H3,(H,63,66)/b29-28-,57-55+. The summed E-state index contributed by atoms with van der Waals surface area (Å²) >= 11 is 0. The van der Waals surface area contributed by atoms with Crippen LogP contribution in [0.15, 0.2) is 24.3 Å². The van der Waals surface area contributed by atoms with Gasteiger partial charge in [-0.3, -0.25) is 4.79 Å². The van der Waals surface area contributed by atoms with Gasteiger partial charge in [0, 0.05) is 6.42 Å². The van der Waals surface area contributed by atoms with E-state index in [1.54, 1.807) is 6.08 Å². The predicted octanol–water partition coefficient (Wildman–Crippen LogP) is 20.3. The van der Waals surface area contributed by atoms with Crippen molar-refractivity contribution in [2.75, 3.05) is 6.61 Å². The van der Waals surface area contributed by atoms with Crippen molar-refractivity contribution in [1.82, 2.24) is 5.32 Å². The van der Waals surface area contributed by atoms with Gasteiger partial charge < -0.3 is 15.5 Å². The van der Waals surface area contributed by atoms with Gasteiger partial charge in [-0.15, -0.1) is 0 Å². The SMILES string of the molecule is CCCCCCCCCCCCCC/C=C\CCCCCCCCCCCCCCCCCC(=O)NC(CO)C(O)/C=C/CCCCCCCCCCCCCCCCCCCCCCC. The summed E-state index contributed by atoms with van der Waals surface area (Å²) in [7, 11) is 0. The maximum atomic E-state index is 12.5. The lowest BCUT2D eigenvalue weighted by Crippen LogP contribution is -2.45. The summed E-state index contributed by atoms with van der Waals surface area (Å²) in [5.74, 6) is -0.0570. The van der Waals surface area contributed by atoms with E-state index in [0.717, 1.165) is 25.7 Å². The molecule has 0 rings (SSSR count). The Hall–Kier alpha value is -1.13. The van der Waals surface area contributed by atoms with E-state index in [1.165, 1.54) is 302 Å². The molecule has 0 aliphatic heterocycles. The maximum absolute atomic E-state index is 12.5. The highest BCUT2D eigenvalue weighted by Gasteiger charge is 2.18. The number of hydrogen-bond donors (Lipinski definition) is 3. The number of amides is 1. The lowest BCUT2D eigenvalue weighted by Gasteiger charge is -2.20. The zero-order chi connectivity index (χ0) is 47.7. The number of unbranched alkanes of at least 4 members (excludes halogenated alkanes) is 48. The van der Waals surface area contributed by atoms with Crippen LogP contribution in [-0.2, 0) is 4.79 Å². The first kappa shape index (κ1) is 64.9. The zero-order valence-electron chi connectivity index (χ0n) is 45.2. The van der Waals surface area contributed by atoms with Gasteiger partial charge in [-0.1, -0.05) is 321 Å². The summed E-state index contributed by atoms with van der Waals surface area (Å²) in [6.45, 7) is 4.35. The van der Waals surface area contributed by atoms with E-state index in [-0.39, 0.29) is 12.5 Å². The predicted molar refractivity (Wildman–Crippen MR) is 295 cm³/mol. The molecular formula is C62H121NO3. The summed E-state index contributed by atoms with van der Waals surface area (Å²) in [6.07, 6.45) is 77.9. The van der Waals surface area contributed by atoms with E-state index in [9.17, 15) is 15.0 Å². The van der Waals surface area contributed by atoms with Crippen LogP contribution in [0.5, 0.6) is 0 Å². The van der Waals surface area contributed by atoms with Crippen molar-refractivity contribution >= 4 is 5.91 Å². The molecule has 0 aliphatic rings. The molecule has 0 aromatic heterocycles. The molecule has 0 aromatic carbocycles. The monoisotopic (exact) mass is 928 g/mol. The molecule has 0 spiro atoms. The van der Waals surface area contributed by atoms with Crippen molar-refractivity contribution in [2.24, 2.45) is 0 Å². The van der Waals surface area contributed by atoms with Crippen LogP contribution in [-0.4, -0.2) is 34.9 Å². The molecular weight excluding hydrogens is 807 g/mol. The highest BCUT2D eigenvalue weighted by atomic mass is 16.3. The Morgan fingerprint density at radius 2 is 0.576 bits per heavy atom. The summed E-state index contributed by atoms with van der Waals surface area (Å²) in [6, 6.07) is -0.621. The number of nitrogens with one attached hydrogen (secondary N) is 1. The Kier molecular flexibility index (Phi) is 57.2. The highest BCUT2D eigenvalue weighted by molar-refractivity contribution is 5.76. The third kappa shape index (κ3) is 53.8. The quantitative estimate of drug-likeness (QED) is 0.0420. The second-order valence-electron chi connectivity index (χ2n) is 21.1. The zero-order valence-corrected chi connectivity index (χ0v) is 45.2. The molecule has 0 fully saturated rings. The minimum absolute atomic E-state index is 0.0570. The van der Waals surface area contributed by atoms with E-state index in [1.807, 2.05) is 6.08 Å². The number of aliphatic hydroxyl groups excluding tert-OH is 2. The van der Waals surface area contributed by atoms with Gasteiger partial charge >= 0.3 is 0 Å². The number of carbonyl (C=O) groups excluding carboxylic acids is 1. The minimum atomic E-state index is -0.838. The first-order chi connectivity index (χ1) is 32.7. The molecule has 3 N–H and O–H groups in total. The number of hydrogen-bond acceptors (Lipinski definition) is 3. The van der Waals surface area contributed by atoms with Crippen LogP contribution in [0.4, 0.5) is 0 Å². The highest BCUT2D eigenvalue weighted by Crippen LogP contribution is 2.18. The molecule has 2 unspecified atom stereocenters. The Labute approximate surface area is 415 Å². The average Bonchev–Trinajstić information content (AvgIpc) is 3.32. The minimum Gasteiger partial charge on any atom is -0.394 e. The molecule has 4 nitrogen and oxygen atoms in total. The van der Waals surface area contributed by atoms with Crippen molar-refractivity contribution in [3.63, 3.8) is 0 Å². The van der Waals surface area contributed by atoms with Crippen molar-refractivity contribution < 1.29 is 15.0 Å². The largest absolute Gasteiger partial charge is 0.394 e. The average molecular weight is 929 g/mol. The fraction of sp³-hybridized carbons (Fsp3) is 0.919. The molecule has 2 atom stereocenters. The van der Waals surface area contributed by atoms with Gasteiger partial charge in [-0.05, 0) is 44.9 Å². The van der Waals surface area contributed by atoms with Crippen LogP contribution in [0.1, 0.15) is 348 Å². The van der Waals surface area contributed by atoms with Crippen LogP contribution < -0.4 is 5.32 Å². The van der Waals surface area contributed by atoms with Gasteiger partial charge in [0.2, 0.25) is 5.91 Å². The van der Waals surface area contributed by atoms with Crippen molar-refractivity contribution in [3.8, 4) is 0 Å². The molecule has 0 aromatic rings. The first-order valence-electron chi connectivity index (χ1n) is 30.6. The van der Waals surface area contributed by atoms with Gasteiger partial charge in [0.15, 0.2) is 0 Å². The van der Waals surface area contributed by atoms with Gasteiger partial charge in [0.25, 0.3) is 0 Å². The molecule has 1 amide bonds. The Balaban J connectivity index is 3.44. The van der Waals surface area contributed by atoms with Gasteiger partial charge in [-0.25, -0.2) is 0 Å². The number of allylic oxidation sites excluding steroid dienone is 3. The number of aliphatic hydroxyl groups is 2. The van der Waals surface area contributed by atoms with Crippen molar-refractivity contribution in [2.45, 2.75) is 360 Å². The van der Waals surface area contributed by atoms with E-state index >= 15 is 0 Å². The number of carbonyl (C=O) groups is 1. The lowest BCUT2D eigenvalue weighted by molar-refractivity contribution is -0.123. The maximum Gasteiger partial charge on any atom is 0.220 e. The van der Waals surface area contributed by atoms with Crippen LogP contribution in [0.3, 0.4) is 0 Å². The Morgan fingerprint density at radius 3 is 0.833 bits per heavy atom. The first-order valence-corrected chi connectivity index (χ1v) is 30.6. The molecule has 392 valence electrons. The summed E-state index contributed by atoms with van der Waals surface area (Å²) in [5, 5.41) is 23.2. The Morgan fingerprint density at radius 1 is 0.348 bits per heavy atom. The van der Waals surface area contributed by atoms with Crippen molar-refractivity contribution in [3.05, 3.63) is 24.3 Å². The van der Waals surface area contributed by atoms with Gasteiger partial charge in [-0.2, -0.15) is 0 Å². The lowest BCUT2D eigenvalue weighted by atomic mass is 10.0. The Bertz CT molecular complexity index is 963. The third-order valence-electron chi connectivity index (χ3n) is 14.4. The van der Waals surface area contributed by atoms with E-state index in [2.05, 4.69) is 31.3 Å². The van der Waals surface area contributed by atoms with Crippen LogP contribution in [0.2, 0.25) is 0 Å². The van der Waals surface area contributed by atoms with E-state index in [0.29, 0.717) is 6.42 Å². The summed E-state index contributed by atoms with van der Waals surface area (Å²) in [5.41, 5.74) is 0. The third-order valence-corrected chi connectivity index (χ3v) is 14.4. The molecule has 66 heavy (non-hydrogen) atoms. The molecule has 0 radical (unpaired) electrons. The van der Waals surface area contributed by atoms with E-state index in [4.69, 9.17) is 0 Å².